The largest absolute Gasteiger partial charge is 0.383 e. The summed E-state index contributed by atoms with van der Waals surface area (Å²) < 4.78 is 6.45. The zero-order chi connectivity index (χ0) is 12.8. The lowest BCUT2D eigenvalue weighted by Gasteiger charge is -2.25. The van der Waals surface area contributed by atoms with Crippen LogP contribution >= 0.6 is 27.3 Å². The maximum Gasteiger partial charge on any atom is 0.0589 e. The summed E-state index contributed by atoms with van der Waals surface area (Å²) in [6.45, 7) is 5.09. The SMILES string of the molecule is COCCN(Cc1cscc1Br)CC1CCCN1. The molecule has 1 aromatic heterocycles. The zero-order valence-corrected chi connectivity index (χ0v) is 13.2. The van der Waals surface area contributed by atoms with Gasteiger partial charge in [0.15, 0.2) is 0 Å². The number of ether oxygens (including phenoxy) is 1. The second-order valence-electron chi connectivity index (χ2n) is 4.77. The molecule has 1 unspecified atom stereocenters. The topological polar surface area (TPSA) is 24.5 Å². The van der Waals surface area contributed by atoms with E-state index < -0.39 is 0 Å². The molecule has 1 aliphatic rings. The van der Waals surface area contributed by atoms with Crippen molar-refractivity contribution in [2.45, 2.75) is 25.4 Å². The van der Waals surface area contributed by atoms with Gasteiger partial charge in [0.25, 0.3) is 0 Å². The average Bonchev–Trinajstić information content (AvgIpc) is 2.99. The van der Waals surface area contributed by atoms with Crippen molar-refractivity contribution in [1.82, 2.24) is 10.2 Å². The molecule has 1 atom stereocenters. The van der Waals surface area contributed by atoms with Gasteiger partial charge in [-0.3, -0.25) is 4.90 Å². The summed E-state index contributed by atoms with van der Waals surface area (Å²) in [5, 5.41) is 7.94. The minimum atomic E-state index is 0.652. The van der Waals surface area contributed by atoms with E-state index in [1.165, 1.54) is 29.4 Å². The fraction of sp³-hybridized carbons (Fsp3) is 0.692. The Kier molecular flexibility index (Phi) is 6.11. The van der Waals surface area contributed by atoms with Crippen LogP contribution in [0.25, 0.3) is 0 Å². The van der Waals surface area contributed by atoms with Crippen LogP contribution in [0.1, 0.15) is 18.4 Å². The Bertz CT molecular complexity index is 353. The number of rotatable bonds is 7. The second kappa shape index (κ2) is 7.60. The summed E-state index contributed by atoms with van der Waals surface area (Å²) >= 11 is 5.37. The van der Waals surface area contributed by atoms with Crippen LogP contribution in [0.5, 0.6) is 0 Å². The first-order valence-corrected chi connectivity index (χ1v) is 8.18. The number of methoxy groups -OCH3 is 1. The lowest BCUT2D eigenvalue weighted by molar-refractivity contribution is 0.138. The number of thiophene rings is 1. The molecule has 0 spiro atoms. The molecule has 0 aliphatic carbocycles. The van der Waals surface area contributed by atoms with E-state index in [2.05, 4.69) is 36.9 Å². The monoisotopic (exact) mass is 332 g/mol. The van der Waals surface area contributed by atoms with Crippen LogP contribution in [-0.4, -0.2) is 44.3 Å². The molecule has 2 heterocycles. The zero-order valence-electron chi connectivity index (χ0n) is 10.8. The Balaban J connectivity index is 1.89. The summed E-state index contributed by atoms with van der Waals surface area (Å²) in [6.07, 6.45) is 2.61. The summed E-state index contributed by atoms with van der Waals surface area (Å²) in [5.41, 5.74) is 1.38. The van der Waals surface area contributed by atoms with Gasteiger partial charge in [-0.2, -0.15) is 11.3 Å². The third-order valence-corrected chi connectivity index (χ3v) is 5.17. The number of halogens is 1. The van der Waals surface area contributed by atoms with Crippen LogP contribution in [0.2, 0.25) is 0 Å². The molecule has 102 valence electrons. The van der Waals surface area contributed by atoms with E-state index in [9.17, 15) is 0 Å². The highest BCUT2D eigenvalue weighted by atomic mass is 79.9. The van der Waals surface area contributed by atoms with Crippen molar-refractivity contribution < 1.29 is 4.74 Å². The summed E-state index contributed by atoms with van der Waals surface area (Å²) in [5.74, 6) is 0. The van der Waals surface area contributed by atoms with E-state index in [4.69, 9.17) is 4.74 Å². The molecular formula is C13H21BrN2OS. The quantitative estimate of drug-likeness (QED) is 0.830. The van der Waals surface area contributed by atoms with Gasteiger partial charge < -0.3 is 10.1 Å². The highest BCUT2D eigenvalue weighted by Gasteiger charge is 2.18. The first-order chi connectivity index (χ1) is 8.79. The van der Waals surface area contributed by atoms with E-state index in [0.717, 1.165) is 26.2 Å². The van der Waals surface area contributed by atoms with Crippen molar-refractivity contribution >= 4 is 27.3 Å². The van der Waals surface area contributed by atoms with Crippen molar-refractivity contribution in [3.63, 3.8) is 0 Å². The number of hydrogen-bond acceptors (Lipinski definition) is 4. The van der Waals surface area contributed by atoms with E-state index >= 15 is 0 Å². The van der Waals surface area contributed by atoms with E-state index in [0.29, 0.717) is 6.04 Å². The summed E-state index contributed by atoms with van der Waals surface area (Å²) in [6, 6.07) is 0.652. The smallest absolute Gasteiger partial charge is 0.0589 e. The molecule has 0 saturated carbocycles. The minimum Gasteiger partial charge on any atom is -0.383 e. The Morgan fingerprint density at radius 2 is 2.44 bits per heavy atom. The standard InChI is InChI=1S/C13H21BrN2OS/c1-17-6-5-16(8-12-3-2-4-15-12)7-11-9-18-10-13(11)14/h9-10,12,15H,2-8H2,1H3. The highest BCUT2D eigenvalue weighted by Crippen LogP contribution is 2.23. The molecular weight excluding hydrogens is 312 g/mol. The minimum absolute atomic E-state index is 0.652. The Morgan fingerprint density at radius 3 is 3.06 bits per heavy atom. The fourth-order valence-electron chi connectivity index (χ4n) is 2.34. The summed E-state index contributed by atoms with van der Waals surface area (Å²) in [4.78, 5) is 2.49. The van der Waals surface area contributed by atoms with E-state index in [1.54, 1.807) is 18.4 Å². The Hall–Kier alpha value is 0.0600. The van der Waals surface area contributed by atoms with Crippen LogP contribution < -0.4 is 5.32 Å². The van der Waals surface area contributed by atoms with Crippen LogP contribution in [0.15, 0.2) is 15.2 Å². The Labute approximate surface area is 122 Å². The molecule has 3 nitrogen and oxygen atoms in total. The predicted octanol–water partition coefficient (Wildman–Crippen LogP) is 2.71. The van der Waals surface area contributed by atoms with Gasteiger partial charge in [0, 0.05) is 42.6 Å². The molecule has 1 aliphatic heterocycles. The molecule has 0 amide bonds. The molecule has 5 heteroatoms. The number of nitrogens with one attached hydrogen (secondary N) is 1. The van der Waals surface area contributed by atoms with Crippen molar-refractivity contribution in [2.24, 2.45) is 0 Å². The van der Waals surface area contributed by atoms with Crippen LogP contribution in [0.3, 0.4) is 0 Å². The normalized spacial score (nSPS) is 19.8. The third kappa shape index (κ3) is 4.31. The maximum absolute atomic E-state index is 5.22. The van der Waals surface area contributed by atoms with E-state index in [-0.39, 0.29) is 0 Å². The molecule has 1 fully saturated rings. The maximum atomic E-state index is 5.22. The lowest BCUT2D eigenvalue weighted by atomic mass is 10.2. The van der Waals surface area contributed by atoms with Gasteiger partial charge in [-0.15, -0.1) is 0 Å². The van der Waals surface area contributed by atoms with Crippen molar-refractivity contribution in [1.29, 1.82) is 0 Å². The molecule has 18 heavy (non-hydrogen) atoms. The van der Waals surface area contributed by atoms with Crippen molar-refractivity contribution in [2.75, 3.05) is 33.4 Å². The molecule has 1 N–H and O–H groups in total. The van der Waals surface area contributed by atoms with Gasteiger partial charge in [-0.25, -0.2) is 0 Å². The Morgan fingerprint density at radius 1 is 1.56 bits per heavy atom. The molecule has 0 bridgehead atoms. The van der Waals surface area contributed by atoms with Gasteiger partial charge in [0.1, 0.15) is 0 Å². The first kappa shape index (κ1) is 14.5. The fourth-order valence-corrected chi connectivity index (χ4v) is 3.76. The van der Waals surface area contributed by atoms with Crippen LogP contribution in [-0.2, 0) is 11.3 Å². The molecule has 2 rings (SSSR count). The molecule has 0 radical (unpaired) electrons. The third-order valence-electron chi connectivity index (χ3n) is 3.34. The predicted molar refractivity (Wildman–Crippen MR) is 80.2 cm³/mol. The highest BCUT2D eigenvalue weighted by molar-refractivity contribution is 9.10. The molecule has 1 saturated heterocycles. The summed E-state index contributed by atoms with van der Waals surface area (Å²) in [7, 11) is 1.77. The molecule has 1 aromatic rings. The average molecular weight is 333 g/mol. The van der Waals surface area contributed by atoms with Crippen LogP contribution in [0, 0.1) is 0 Å². The van der Waals surface area contributed by atoms with Gasteiger partial charge in [0.05, 0.1) is 6.61 Å². The van der Waals surface area contributed by atoms with Gasteiger partial charge in [0.2, 0.25) is 0 Å². The number of nitrogens with zero attached hydrogens (tertiary/aromatic N) is 1. The van der Waals surface area contributed by atoms with Crippen LogP contribution in [0.4, 0.5) is 0 Å². The molecule has 0 aromatic carbocycles. The van der Waals surface area contributed by atoms with Gasteiger partial charge in [-0.05, 0) is 46.3 Å². The van der Waals surface area contributed by atoms with Crippen molar-refractivity contribution in [3.8, 4) is 0 Å². The lowest BCUT2D eigenvalue weighted by Crippen LogP contribution is -2.38. The van der Waals surface area contributed by atoms with Gasteiger partial charge in [-0.1, -0.05) is 0 Å². The van der Waals surface area contributed by atoms with Gasteiger partial charge >= 0.3 is 0 Å². The second-order valence-corrected chi connectivity index (χ2v) is 6.36. The van der Waals surface area contributed by atoms with Crippen molar-refractivity contribution in [3.05, 3.63) is 20.8 Å². The number of hydrogen-bond donors (Lipinski definition) is 1. The first-order valence-electron chi connectivity index (χ1n) is 6.45. The van der Waals surface area contributed by atoms with E-state index in [1.807, 2.05) is 0 Å².